The molecule has 4 rings (SSSR count). The zero-order valence-electron chi connectivity index (χ0n) is 17.0. The van der Waals surface area contributed by atoms with Gasteiger partial charge >= 0.3 is 0 Å². The van der Waals surface area contributed by atoms with Crippen molar-refractivity contribution in [1.82, 2.24) is 19.9 Å². The molecule has 0 unspecified atom stereocenters. The van der Waals surface area contributed by atoms with Gasteiger partial charge in [0.05, 0.1) is 23.8 Å². The van der Waals surface area contributed by atoms with E-state index in [0.717, 1.165) is 42.1 Å². The van der Waals surface area contributed by atoms with E-state index in [1.807, 2.05) is 36.7 Å². The van der Waals surface area contributed by atoms with Crippen LogP contribution in [0.25, 0.3) is 11.3 Å². The SMILES string of the molecule is Clc1cccc(Nc2cncc(-c3cncc(NCCCN4CCCCC4)c3)n2)c1. The van der Waals surface area contributed by atoms with Crippen LogP contribution in [0.3, 0.4) is 0 Å². The molecule has 0 bridgehead atoms. The van der Waals surface area contributed by atoms with Gasteiger partial charge in [-0.05, 0) is 63.2 Å². The lowest BCUT2D eigenvalue weighted by atomic mass is 10.1. The highest BCUT2D eigenvalue weighted by Crippen LogP contribution is 2.23. The summed E-state index contributed by atoms with van der Waals surface area (Å²) in [7, 11) is 0. The summed E-state index contributed by atoms with van der Waals surface area (Å²) in [4.78, 5) is 15.9. The summed E-state index contributed by atoms with van der Waals surface area (Å²) in [6, 6.07) is 9.60. The number of hydrogen-bond acceptors (Lipinski definition) is 6. The third-order valence-electron chi connectivity index (χ3n) is 5.19. The molecule has 0 saturated carbocycles. The summed E-state index contributed by atoms with van der Waals surface area (Å²) in [5.41, 5.74) is 3.57. The minimum Gasteiger partial charge on any atom is -0.384 e. The van der Waals surface area contributed by atoms with Crippen LogP contribution in [0.2, 0.25) is 5.02 Å². The Balaban J connectivity index is 1.36. The summed E-state index contributed by atoms with van der Waals surface area (Å²) >= 11 is 6.06. The van der Waals surface area contributed by atoms with E-state index in [9.17, 15) is 0 Å². The van der Waals surface area contributed by atoms with E-state index in [2.05, 4.69) is 36.6 Å². The quantitative estimate of drug-likeness (QED) is 0.485. The number of likely N-dealkylation sites (tertiary alicyclic amines) is 1. The fourth-order valence-corrected chi connectivity index (χ4v) is 3.86. The van der Waals surface area contributed by atoms with Crippen molar-refractivity contribution in [2.45, 2.75) is 25.7 Å². The number of anilines is 3. The standard InChI is InChI=1S/C23H27ClN6/c24-19-6-4-7-20(13-19)28-23-17-26-16-22(29-23)18-12-21(15-25-14-18)27-8-5-11-30-9-2-1-3-10-30/h4,6-7,12-17,27H,1-3,5,8-11H2,(H,28,29). The maximum absolute atomic E-state index is 6.06. The van der Waals surface area contributed by atoms with Crippen molar-refractivity contribution >= 4 is 28.8 Å². The predicted octanol–water partition coefficient (Wildman–Crippen LogP) is 5.22. The molecule has 1 fully saturated rings. The minimum atomic E-state index is 0.662. The average Bonchev–Trinajstić information content (AvgIpc) is 2.78. The normalized spacial score (nSPS) is 14.4. The van der Waals surface area contributed by atoms with Crippen molar-refractivity contribution in [3.05, 3.63) is 60.1 Å². The highest BCUT2D eigenvalue weighted by Gasteiger charge is 2.09. The fourth-order valence-electron chi connectivity index (χ4n) is 3.67. The maximum atomic E-state index is 6.06. The van der Waals surface area contributed by atoms with Crippen LogP contribution < -0.4 is 10.6 Å². The summed E-state index contributed by atoms with van der Waals surface area (Å²) < 4.78 is 0. The smallest absolute Gasteiger partial charge is 0.149 e. The van der Waals surface area contributed by atoms with E-state index in [1.54, 1.807) is 12.4 Å². The molecule has 0 amide bonds. The van der Waals surface area contributed by atoms with Gasteiger partial charge in [0, 0.05) is 35.2 Å². The van der Waals surface area contributed by atoms with Crippen LogP contribution in [0.15, 0.2) is 55.1 Å². The van der Waals surface area contributed by atoms with E-state index in [4.69, 9.17) is 11.6 Å². The summed E-state index contributed by atoms with van der Waals surface area (Å²) in [6.07, 6.45) is 12.3. The first-order chi connectivity index (χ1) is 14.8. The van der Waals surface area contributed by atoms with Gasteiger partial charge in [-0.3, -0.25) is 9.97 Å². The largest absolute Gasteiger partial charge is 0.384 e. The maximum Gasteiger partial charge on any atom is 0.149 e. The van der Waals surface area contributed by atoms with E-state index < -0.39 is 0 Å². The third-order valence-corrected chi connectivity index (χ3v) is 5.43. The van der Waals surface area contributed by atoms with Crippen molar-refractivity contribution in [2.75, 3.05) is 36.8 Å². The zero-order chi connectivity index (χ0) is 20.6. The number of nitrogens with zero attached hydrogens (tertiary/aromatic N) is 4. The van der Waals surface area contributed by atoms with Crippen LogP contribution in [0, 0.1) is 0 Å². The minimum absolute atomic E-state index is 0.662. The van der Waals surface area contributed by atoms with Crippen molar-refractivity contribution in [1.29, 1.82) is 0 Å². The second kappa shape index (κ2) is 10.4. The highest BCUT2D eigenvalue weighted by atomic mass is 35.5. The highest BCUT2D eigenvalue weighted by molar-refractivity contribution is 6.30. The van der Waals surface area contributed by atoms with Gasteiger partial charge in [-0.25, -0.2) is 4.98 Å². The third kappa shape index (κ3) is 5.90. The lowest BCUT2D eigenvalue weighted by Crippen LogP contribution is -2.31. The Labute approximate surface area is 182 Å². The zero-order valence-corrected chi connectivity index (χ0v) is 17.8. The molecule has 0 spiro atoms. The molecule has 1 aliphatic rings. The van der Waals surface area contributed by atoms with Gasteiger partial charge < -0.3 is 15.5 Å². The molecule has 3 heterocycles. The van der Waals surface area contributed by atoms with Crippen molar-refractivity contribution in [3.8, 4) is 11.3 Å². The topological polar surface area (TPSA) is 66.0 Å². The molecule has 0 aliphatic carbocycles. The molecule has 1 aliphatic heterocycles. The molecule has 0 radical (unpaired) electrons. The Morgan fingerprint density at radius 1 is 0.933 bits per heavy atom. The predicted molar refractivity (Wildman–Crippen MR) is 123 cm³/mol. The molecule has 6 nitrogen and oxygen atoms in total. The van der Waals surface area contributed by atoms with E-state index in [0.29, 0.717) is 10.8 Å². The number of piperidine rings is 1. The van der Waals surface area contributed by atoms with Gasteiger partial charge in [0.25, 0.3) is 0 Å². The van der Waals surface area contributed by atoms with Crippen LogP contribution in [-0.2, 0) is 0 Å². The van der Waals surface area contributed by atoms with Crippen LogP contribution in [0.1, 0.15) is 25.7 Å². The lowest BCUT2D eigenvalue weighted by Gasteiger charge is -2.26. The number of rotatable bonds is 8. The van der Waals surface area contributed by atoms with Gasteiger partial charge in [-0.15, -0.1) is 0 Å². The van der Waals surface area contributed by atoms with Gasteiger partial charge in [0.15, 0.2) is 0 Å². The molecule has 0 atom stereocenters. The molecular weight excluding hydrogens is 396 g/mol. The van der Waals surface area contributed by atoms with E-state index in [1.165, 1.54) is 32.4 Å². The van der Waals surface area contributed by atoms with Crippen molar-refractivity contribution < 1.29 is 0 Å². The molecule has 1 aromatic carbocycles. The van der Waals surface area contributed by atoms with Crippen LogP contribution >= 0.6 is 11.6 Å². The number of hydrogen-bond donors (Lipinski definition) is 2. The summed E-state index contributed by atoms with van der Waals surface area (Å²) in [5, 5.41) is 7.40. The molecule has 1 saturated heterocycles. The van der Waals surface area contributed by atoms with Gasteiger partial charge in [0.1, 0.15) is 5.82 Å². The second-order valence-corrected chi connectivity index (χ2v) is 8.01. The number of benzene rings is 1. The van der Waals surface area contributed by atoms with Crippen LogP contribution in [0.4, 0.5) is 17.2 Å². The fraction of sp³-hybridized carbons (Fsp3) is 0.348. The molecule has 156 valence electrons. The number of pyridine rings is 1. The summed E-state index contributed by atoms with van der Waals surface area (Å²) in [5.74, 6) is 0.662. The van der Waals surface area contributed by atoms with Crippen LogP contribution in [-0.4, -0.2) is 46.0 Å². The van der Waals surface area contributed by atoms with E-state index in [-0.39, 0.29) is 0 Å². The Hall–Kier alpha value is -2.70. The second-order valence-electron chi connectivity index (χ2n) is 7.57. The van der Waals surface area contributed by atoms with Gasteiger partial charge in [0.2, 0.25) is 0 Å². The monoisotopic (exact) mass is 422 g/mol. The van der Waals surface area contributed by atoms with Crippen LogP contribution in [0.5, 0.6) is 0 Å². The molecule has 30 heavy (non-hydrogen) atoms. The lowest BCUT2D eigenvalue weighted by molar-refractivity contribution is 0.228. The molecule has 3 aromatic rings. The molecular formula is C23H27ClN6. The Morgan fingerprint density at radius 2 is 1.80 bits per heavy atom. The molecule has 7 heteroatoms. The van der Waals surface area contributed by atoms with Crippen molar-refractivity contribution in [2.24, 2.45) is 0 Å². The first-order valence-corrected chi connectivity index (χ1v) is 10.9. The van der Waals surface area contributed by atoms with Gasteiger partial charge in [-0.2, -0.15) is 0 Å². The number of aromatic nitrogens is 3. The van der Waals surface area contributed by atoms with E-state index >= 15 is 0 Å². The summed E-state index contributed by atoms with van der Waals surface area (Å²) in [6.45, 7) is 4.58. The molecule has 2 N–H and O–H groups in total. The first-order valence-electron chi connectivity index (χ1n) is 10.5. The number of halogens is 1. The average molecular weight is 423 g/mol. The molecule has 2 aromatic heterocycles. The van der Waals surface area contributed by atoms with Gasteiger partial charge in [-0.1, -0.05) is 24.1 Å². The Kier molecular flexibility index (Phi) is 7.11. The first kappa shape index (κ1) is 20.6. The van der Waals surface area contributed by atoms with Crippen molar-refractivity contribution in [3.63, 3.8) is 0 Å². The Bertz CT molecular complexity index is 958. The number of nitrogens with one attached hydrogen (secondary N) is 2. The Morgan fingerprint density at radius 3 is 2.67 bits per heavy atom.